The number of hydrogen-bond donors (Lipinski definition) is 1. The Balaban J connectivity index is 1.61. The second kappa shape index (κ2) is 7.21. The van der Waals surface area contributed by atoms with Crippen LogP contribution in [0.1, 0.15) is 55.2 Å². The van der Waals surface area contributed by atoms with E-state index in [1.165, 1.54) is 0 Å². The van der Waals surface area contributed by atoms with Crippen LogP contribution in [-0.2, 0) is 4.79 Å². The molecular weight excluding hydrogens is 318 g/mol. The van der Waals surface area contributed by atoms with Crippen molar-refractivity contribution in [3.05, 3.63) is 23.5 Å². The predicted octanol–water partition coefficient (Wildman–Crippen LogP) is 2.06. The molecule has 2 aromatic rings. The number of nitrogens with zero attached hydrogens (tertiary/aromatic N) is 4. The summed E-state index contributed by atoms with van der Waals surface area (Å²) in [4.78, 5) is 30.4. The molecule has 0 radical (unpaired) electrons. The number of aryl methyl sites for hydroxylation is 1. The quantitative estimate of drug-likeness (QED) is 0.814. The maximum Gasteiger partial charge on any atom is 0.253 e. The van der Waals surface area contributed by atoms with Crippen LogP contribution in [0.2, 0.25) is 0 Å². The third kappa shape index (κ3) is 3.65. The summed E-state index contributed by atoms with van der Waals surface area (Å²) >= 11 is 0. The van der Waals surface area contributed by atoms with Crippen molar-refractivity contribution >= 4 is 22.8 Å². The fraction of sp³-hybridized carbons (Fsp3) is 0.556. The smallest absolute Gasteiger partial charge is 0.253 e. The van der Waals surface area contributed by atoms with Crippen LogP contribution >= 0.6 is 0 Å². The number of likely N-dealkylation sites (tertiary alicyclic amines) is 1. The van der Waals surface area contributed by atoms with Gasteiger partial charge in [-0.25, -0.2) is 9.67 Å². The van der Waals surface area contributed by atoms with Crippen molar-refractivity contribution in [2.45, 2.75) is 46.1 Å². The van der Waals surface area contributed by atoms with Gasteiger partial charge in [0.05, 0.1) is 17.5 Å². The summed E-state index contributed by atoms with van der Waals surface area (Å²) in [6, 6.07) is 2.07. The fourth-order valence-corrected chi connectivity index (χ4v) is 3.18. The third-order valence-corrected chi connectivity index (χ3v) is 4.56. The molecule has 1 aliphatic rings. The molecule has 3 heterocycles. The van der Waals surface area contributed by atoms with E-state index in [-0.39, 0.29) is 17.9 Å². The maximum atomic E-state index is 12.5. The highest BCUT2D eigenvalue weighted by Gasteiger charge is 2.19. The molecule has 7 heteroatoms. The molecule has 7 nitrogen and oxygen atoms in total. The van der Waals surface area contributed by atoms with Gasteiger partial charge in [0.2, 0.25) is 5.91 Å². The minimum Gasteiger partial charge on any atom is -0.352 e. The van der Waals surface area contributed by atoms with Gasteiger partial charge >= 0.3 is 0 Å². The molecule has 0 aromatic carbocycles. The van der Waals surface area contributed by atoms with Crippen LogP contribution in [-0.4, -0.2) is 51.1 Å². The number of fused-ring (bicyclic) bond motifs is 1. The molecule has 1 aliphatic heterocycles. The monoisotopic (exact) mass is 343 g/mol. The van der Waals surface area contributed by atoms with Crippen molar-refractivity contribution in [2.24, 2.45) is 0 Å². The van der Waals surface area contributed by atoms with E-state index in [1.54, 1.807) is 6.20 Å². The first-order chi connectivity index (χ1) is 12.0. The van der Waals surface area contributed by atoms with Crippen molar-refractivity contribution in [2.75, 3.05) is 19.6 Å². The molecule has 0 spiro atoms. The van der Waals surface area contributed by atoms with Gasteiger partial charge in [-0.1, -0.05) is 0 Å². The van der Waals surface area contributed by atoms with E-state index in [2.05, 4.69) is 29.2 Å². The number of rotatable bonds is 6. The second-order valence-corrected chi connectivity index (χ2v) is 6.81. The Morgan fingerprint density at radius 1 is 1.40 bits per heavy atom. The van der Waals surface area contributed by atoms with E-state index in [1.807, 2.05) is 22.6 Å². The van der Waals surface area contributed by atoms with Crippen LogP contribution in [0.3, 0.4) is 0 Å². The van der Waals surface area contributed by atoms with Gasteiger partial charge in [0.15, 0.2) is 5.65 Å². The number of hydrogen-bond acceptors (Lipinski definition) is 4. The number of carbonyl (C=O) groups is 2. The van der Waals surface area contributed by atoms with Crippen molar-refractivity contribution in [3.63, 3.8) is 0 Å². The Hall–Kier alpha value is -2.44. The summed E-state index contributed by atoms with van der Waals surface area (Å²) < 4.78 is 1.86. The van der Waals surface area contributed by atoms with Gasteiger partial charge in [-0.05, 0) is 39.7 Å². The van der Waals surface area contributed by atoms with Gasteiger partial charge in [0.1, 0.15) is 0 Å². The van der Waals surface area contributed by atoms with E-state index in [0.717, 1.165) is 30.4 Å². The summed E-state index contributed by atoms with van der Waals surface area (Å²) in [5.41, 5.74) is 2.08. The largest absolute Gasteiger partial charge is 0.352 e. The van der Waals surface area contributed by atoms with Crippen LogP contribution in [0.5, 0.6) is 0 Å². The molecule has 0 atom stereocenters. The van der Waals surface area contributed by atoms with Gasteiger partial charge in [-0.2, -0.15) is 5.10 Å². The second-order valence-electron chi connectivity index (χ2n) is 6.81. The molecule has 1 N–H and O–H groups in total. The number of aromatic nitrogens is 3. The van der Waals surface area contributed by atoms with Crippen LogP contribution in [0.25, 0.3) is 11.0 Å². The highest BCUT2D eigenvalue weighted by atomic mass is 16.2. The van der Waals surface area contributed by atoms with Crippen molar-refractivity contribution in [3.8, 4) is 0 Å². The lowest BCUT2D eigenvalue weighted by Crippen LogP contribution is -2.31. The van der Waals surface area contributed by atoms with Gasteiger partial charge in [-0.15, -0.1) is 0 Å². The Kier molecular flexibility index (Phi) is 5.01. The first-order valence-corrected chi connectivity index (χ1v) is 8.88. The molecule has 0 aliphatic carbocycles. The fourth-order valence-electron chi connectivity index (χ4n) is 3.18. The lowest BCUT2D eigenvalue weighted by molar-refractivity contribution is -0.127. The number of pyridine rings is 1. The highest BCUT2D eigenvalue weighted by Crippen LogP contribution is 2.19. The molecule has 2 aromatic heterocycles. The Labute approximate surface area is 147 Å². The molecular formula is C18H25N5O2. The number of carbonyl (C=O) groups excluding carboxylic acids is 2. The van der Waals surface area contributed by atoms with E-state index < -0.39 is 0 Å². The Bertz CT molecular complexity index is 796. The van der Waals surface area contributed by atoms with Gasteiger partial charge in [-0.3, -0.25) is 9.59 Å². The normalized spacial score (nSPS) is 14.7. The maximum absolute atomic E-state index is 12.5. The Morgan fingerprint density at radius 3 is 2.88 bits per heavy atom. The van der Waals surface area contributed by atoms with Crippen molar-refractivity contribution in [1.82, 2.24) is 25.0 Å². The molecule has 134 valence electrons. The van der Waals surface area contributed by atoms with Crippen molar-refractivity contribution < 1.29 is 9.59 Å². The lowest BCUT2D eigenvalue weighted by Gasteiger charge is -2.15. The van der Waals surface area contributed by atoms with E-state index >= 15 is 0 Å². The minimum absolute atomic E-state index is 0.128. The molecule has 1 saturated heterocycles. The molecule has 25 heavy (non-hydrogen) atoms. The lowest BCUT2D eigenvalue weighted by atomic mass is 10.1. The topological polar surface area (TPSA) is 80.1 Å². The summed E-state index contributed by atoms with van der Waals surface area (Å²) in [7, 11) is 0. The van der Waals surface area contributed by atoms with E-state index in [0.29, 0.717) is 30.8 Å². The first kappa shape index (κ1) is 17.4. The average molecular weight is 343 g/mol. The zero-order chi connectivity index (χ0) is 18.0. The first-order valence-electron chi connectivity index (χ1n) is 8.88. The highest BCUT2D eigenvalue weighted by molar-refractivity contribution is 5.98. The minimum atomic E-state index is -0.128. The average Bonchev–Trinajstić information content (AvgIpc) is 3.16. The number of amides is 2. The Morgan fingerprint density at radius 2 is 2.20 bits per heavy atom. The van der Waals surface area contributed by atoms with Crippen LogP contribution < -0.4 is 5.32 Å². The molecule has 0 unspecified atom stereocenters. The van der Waals surface area contributed by atoms with Gasteiger partial charge < -0.3 is 10.2 Å². The summed E-state index contributed by atoms with van der Waals surface area (Å²) in [6.45, 7) is 8.04. The standard InChI is InChI=1S/C18H25N5O2/c1-12(2)23-17-14(11-20-23)10-15(13(3)21-17)18(25)19-7-5-9-22-8-4-6-16(22)24/h10-12H,4-9H2,1-3H3,(H,19,25). The molecule has 3 rings (SSSR count). The molecule has 0 bridgehead atoms. The molecule has 1 fully saturated rings. The van der Waals surface area contributed by atoms with Crippen LogP contribution in [0.4, 0.5) is 0 Å². The predicted molar refractivity (Wildman–Crippen MR) is 95.4 cm³/mol. The van der Waals surface area contributed by atoms with Crippen molar-refractivity contribution in [1.29, 1.82) is 0 Å². The summed E-state index contributed by atoms with van der Waals surface area (Å²) in [5, 5.41) is 8.14. The SMILES string of the molecule is Cc1nc2c(cnn2C(C)C)cc1C(=O)NCCCN1CCCC1=O. The molecule has 0 saturated carbocycles. The van der Waals surface area contributed by atoms with E-state index in [9.17, 15) is 9.59 Å². The van der Waals surface area contributed by atoms with Gasteiger partial charge in [0, 0.05) is 37.5 Å². The van der Waals surface area contributed by atoms with Crippen LogP contribution in [0, 0.1) is 6.92 Å². The summed E-state index contributed by atoms with van der Waals surface area (Å²) in [6.07, 6.45) is 4.11. The third-order valence-electron chi connectivity index (χ3n) is 4.56. The summed E-state index contributed by atoms with van der Waals surface area (Å²) in [5.74, 6) is 0.0935. The zero-order valence-electron chi connectivity index (χ0n) is 15.1. The van der Waals surface area contributed by atoms with Gasteiger partial charge in [0.25, 0.3) is 5.91 Å². The van der Waals surface area contributed by atoms with Crippen LogP contribution in [0.15, 0.2) is 12.3 Å². The number of nitrogens with one attached hydrogen (secondary N) is 1. The molecule has 2 amide bonds. The zero-order valence-corrected chi connectivity index (χ0v) is 15.1. The van der Waals surface area contributed by atoms with E-state index in [4.69, 9.17) is 0 Å².